The highest BCUT2D eigenvalue weighted by Crippen LogP contribution is 2.30. The number of methoxy groups -OCH3 is 1. The first-order valence-corrected chi connectivity index (χ1v) is 9.95. The molecule has 1 amide bonds. The fourth-order valence-electron chi connectivity index (χ4n) is 3.01. The van der Waals surface area contributed by atoms with Crippen LogP contribution in [0.25, 0.3) is 0 Å². The molecule has 0 atom stereocenters. The van der Waals surface area contributed by atoms with Gasteiger partial charge in [0, 0.05) is 10.4 Å². The number of hydrogen-bond acceptors (Lipinski definition) is 5. The maximum atomic E-state index is 13.0. The number of rotatable bonds is 7. The lowest BCUT2D eigenvalue weighted by Crippen LogP contribution is -3.15. The van der Waals surface area contributed by atoms with E-state index in [9.17, 15) is 9.59 Å². The number of hydrogen-bond donors (Lipinski definition) is 2. The van der Waals surface area contributed by atoms with E-state index in [1.54, 1.807) is 31.4 Å². The topological polar surface area (TPSA) is 69.1 Å². The lowest BCUT2D eigenvalue weighted by atomic mass is 10.0. The van der Waals surface area contributed by atoms with Crippen LogP contribution in [0.3, 0.4) is 0 Å². The number of nitrogens with one attached hydrogen (secondary N) is 2. The molecule has 27 heavy (non-hydrogen) atoms. The summed E-state index contributed by atoms with van der Waals surface area (Å²) in [4.78, 5) is 27.7. The van der Waals surface area contributed by atoms with Gasteiger partial charge in [0.05, 0.1) is 25.9 Å². The summed E-state index contributed by atoms with van der Waals surface area (Å²) in [6.45, 7) is 5.45. The van der Waals surface area contributed by atoms with Crippen molar-refractivity contribution in [1.82, 2.24) is 0 Å². The number of quaternary nitrogens is 1. The molecule has 2 aromatic rings. The first kappa shape index (κ1) is 19.5. The molecule has 1 fully saturated rings. The van der Waals surface area contributed by atoms with Gasteiger partial charge in [-0.3, -0.25) is 9.59 Å². The quantitative estimate of drug-likeness (QED) is 0.703. The highest BCUT2D eigenvalue weighted by atomic mass is 32.1. The Balaban J connectivity index is 1.75. The Hall–Kier alpha value is -2.22. The molecule has 0 saturated carbocycles. The second kappa shape index (κ2) is 9.12. The fraction of sp³-hybridized carbons (Fsp3) is 0.400. The van der Waals surface area contributed by atoms with Crippen LogP contribution >= 0.6 is 11.3 Å². The number of thiophene rings is 1. The normalized spacial score (nSPS) is 14.7. The van der Waals surface area contributed by atoms with E-state index < -0.39 is 0 Å². The second-order valence-electron chi connectivity index (χ2n) is 6.45. The van der Waals surface area contributed by atoms with Crippen molar-refractivity contribution in [2.45, 2.75) is 13.3 Å². The van der Waals surface area contributed by atoms with Crippen LogP contribution in [0.5, 0.6) is 5.75 Å². The van der Waals surface area contributed by atoms with E-state index >= 15 is 0 Å². The van der Waals surface area contributed by atoms with E-state index in [0.29, 0.717) is 41.6 Å². The lowest BCUT2D eigenvalue weighted by Gasteiger charge is -2.23. The van der Waals surface area contributed by atoms with Gasteiger partial charge in [-0.1, -0.05) is 6.92 Å². The van der Waals surface area contributed by atoms with Crippen molar-refractivity contribution in [3.8, 4) is 5.75 Å². The van der Waals surface area contributed by atoms with Gasteiger partial charge in [0.25, 0.3) is 5.91 Å². The molecule has 1 saturated heterocycles. The van der Waals surface area contributed by atoms with Crippen molar-refractivity contribution in [3.63, 3.8) is 0 Å². The average molecular weight is 389 g/mol. The number of carbonyl (C=O) groups excluding carboxylic acids is 2. The molecule has 0 aliphatic carbocycles. The number of ether oxygens (including phenoxy) is 2. The van der Waals surface area contributed by atoms with Crippen molar-refractivity contribution < 1.29 is 24.0 Å². The number of anilines is 1. The van der Waals surface area contributed by atoms with Gasteiger partial charge < -0.3 is 19.7 Å². The molecule has 0 unspecified atom stereocenters. The Kier molecular flexibility index (Phi) is 6.60. The molecule has 0 radical (unpaired) electrons. The highest BCUT2D eigenvalue weighted by molar-refractivity contribution is 7.16. The summed E-state index contributed by atoms with van der Waals surface area (Å²) in [5, 5.41) is 3.59. The number of amides is 1. The zero-order valence-electron chi connectivity index (χ0n) is 15.7. The van der Waals surface area contributed by atoms with Gasteiger partial charge in [-0.15, -0.1) is 11.3 Å². The molecule has 1 aliphatic rings. The van der Waals surface area contributed by atoms with E-state index in [1.807, 2.05) is 13.0 Å². The van der Waals surface area contributed by atoms with E-state index in [2.05, 4.69) is 5.32 Å². The van der Waals surface area contributed by atoms with E-state index in [0.717, 1.165) is 24.4 Å². The first-order chi connectivity index (χ1) is 13.1. The molecule has 3 rings (SSSR count). The van der Waals surface area contributed by atoms with Gasteiger partial charge >= 0.3 is 0 Å². The Bertz CT molecular complexity index is 795. The predicted molar refractivity (Wildman–Crippen MR) is 105 cm³/mol. The number of aryl methyl sites for hydroxylation is 1. The summed E-state index contributed by atoms with van der Waals surface area (Å²) in [5.41, 5.74) is 1.12. The molecule has 6 nitrogen and oxygen atoms in total. The number of benzene rings is 1. The Morgan fingerprint density at radius 3 is 2.56 bits per heavy atom. The zero-order valence-corrected chi connectivity index (χ0v) is 16.5. The van der Waals surface area contributed by atoms with Gasteiger partial charge in [0.2, 0.25) is 0 Å². The van der Waals surface area contributed by atoms with Crippen LogP contribution in [0, 0.1) is 0 Å². The summed E-state index contributed by atoms with van der Waals surface area (Å²) >= 11 is 1.47. The molecule has 1 aromatic carbocycles. The minimum Gasteiger partial charge on any atom is -0.497 e. The number of morpholine rings is 1. The molecule has 1 aliphatic heterocycles. The van der Waals surface area contributed by atoms with Gasteiger partial charge in [-0.25, -0.2) is 0 Å². The van der Waals surface area contributed by atoms with Crippen LogP contribution in [0.1, 0.15) is 27.7 Å². The van der Waals surface area contributed by atoms with Crippen molar-refractivity contribution in [1.29, 1.82) is 0 Å². The minimum absolute atomic E-state index is 0.0693. The van der Waals surface area contributed by atoms with Gasteiger partial charge in [0.15, 0.2) is 12.3 Å². The summed E-state index contributed by atoms with van der Waals surface area (Å²) in [6, 6.07) is 8.90. The highest BCUT2D eigenvalue weighted by Gasteiger charge is 2.22. The Labute approximate surface area is 163 Å². The molecule has 7 heteroatoms. The molecular weight excluding hydrogens is 364 g/mol. The zero-order chi connectivity index (χ0) is 19.2. The Morgan fingerprint density at radius 1 is 1.22 bits per heavy atom. The third kappa shape index (κ3) is 4.94. The summed E-state index contributed by atoms with van der Waals surface area (Å²) in [7, 11) is 1.59. The summed E-state index contributed by atoms with van der Waals surface area (Å²) < 4.78 is 10.5. The fourth-order valence-corrected chi connectivity index (χ4v) is 4.02. The van der Waals surface area contributed by atoms with E-state index in [-0.39, 0.29) is 11.7 Å². The SMILES string of the molecule is CCc1cc(C(=O)c2ccc(OC)cc2)c(NC(=O)C[NH+]2CCOCC2)s1. The van der Waals surface area contributed by atoms with Crippen LogP contribution in [0.4, 0.5) is 5.00 Å². The predicted octanol–water partition coefficient (Wildman–Crippen LogP) is 1.40. The maximum absolute atomic E-state index is 13.0. The third-order valence-corrected chi connectivity index (χ3v) is 5.79. The van der Waals surface area contributed by atoms with Crippen molar-refractivity contribution in [2.75, 3.05) is 45.3 Å². The smallest absolute Gasteiger partial charge is 0.280 e. The van der Waals surface area contributed by atoms with E-state index in [4.69, 9.17) is 9.47 Å². The maximum Gasteiger partial charge on any atom is 0.280 e. The van der Waals surface area contributed by atoms with Crippen LogP contribution in [-0.4, -0.2) is 51.6 Å². The average Bonchev–Trinajstić information content (AvgIpc) is 3.11. The van der Waals surface area contributed by atoms with Crippen molar-refractivity contribution in [3.05, 3.63) is 46.3 Å². The molecule has 2 N–H and O–H groups in total. The van der Waals surface area contributed by atoms with Gasteiger partial charge in [-0.05, 0) is 36.8 Å². The molecule has 0 spiro atoms. The van der Waals surface area contributed by atoms with Gasteiger partial charge in [0.1, 0.15) is 23.8 Å². The third-order valence-electron chi connectivity index (χ3n) is 4.59. The van der Waals surface area contributed by atoms with Crippen molar-refractivity contribution >= 4 is 28.0 Å². The molecule has 1 aromatic heterocycles. The van der Waals surface area contributed by atoms with Crippen LogP contribution in [0.15, 0.2) is 30.3 Å². The van der Waals surface area contributed by atoms with Crippen molar-refractivity contribution in [2.24, 2.45) is 0 Å². The molecule has 2 heterocycles. The molecular formula is C20H25N2O4S+. The van der Waals surface area contributed by atoms with Crippen LogP contribution in [0.2, 0.25) is 0 Å². The number of ketones is 1. The standard InChI is InChI=1S/C20H24N2O4S/c1-3-16-12-17(19(24)14-4-6-15(25-2)7-5-14)20(27-16)21-18(23)13-22-8-10-26-11-9-22/h4-7,12H,3,8-11,13H2,1-2H3,(H,21,23)/p+1. The molecule has 144 valence electrons. The lowest BCUT2D eigenvalue weighted by molar-refractivity contribution is -0.899. The Morgan fingerprint density at radius 2 is 1.93 bits per heavy atom. The minimum atomic E-state index is -0.0948. The molecule has 0 bridgehead atoms. The monoisotopic (exact) mass is 389 g/mol. The van der Waals surface area contributed by atoms with E-state index in [1.165, 1.54) is 16.2 Å². The first-order valence-electron chi connectivity index (χ1n) is 9.13. The summed E-state index contributed by atoms with van der Waals surface area (Å²) in [6.07, 6.45) is 0.818. The number of carbonyl (C=O) groups is 2. The van der Waals surface area contributed by atoms with Gasteiger partial charge in [-0.2, -0.15) is 0 Å². The van der Waals surface area contributed by atoms with Crippen LogP contribution < -0.4 is 15.0 Å². The second-order valence-corrected chi connectivity index (χ2v) is 7.59. The van der Waals surface area contributed by atoms with Crippen LogP contribution in [-0.2, 0) is 16.0 Å². The summed E-state index contributed by atoms with van der Waals surface area (Å²) in [5.74, 6) is 0.538. The largest absolute Gasteiger partial charge is 0.497 e.